The van der Waals surface area contributed by atoms with Gasteiger partial charge in [0, 0.05) is 4.47 Å². The second-order valence-corrected chi connectivity index (χ2v) is 7.40. The highest BCUT2D eigenvalue weighted by atomic mass is 79.9. The van der Waals surface area contributed by atoms with Gasteiger partial charge < -0.3 is 4.74 Å². The van der Waals surface area contributed by atoms with Crippen molar-refractivity contribution in [3.05, 3.63) is 46.9 Å². The Morgan fingerprint density at radius 2 is 1.86 bits per heavy atom. The number of benzene rings is 2. The molecule has 0 saturated heterocycles. The highest BCUT2D eigenvalue weighted by Gasteiger charge is 2.29. The maximum atomic E-state index is 12.1. The Morgan fingerprint density at radius 1 is 1.14 bits per heavy atom. The molecule has 1 heterocycles. The van der Waals surface area contributed by atoms with E-state index in [9.17, 15) is 8.42 Å². The van der Waals surface area contributed by atoms with Gasteiger partial charge in [0.2, 0.25) is 0 Å². The van der Waals surface area contributed by atoms with Gasteiger partial charge in [0.15, 0.2) is 11.5 Å². The lowest BCUT2D eigenvalue weighted by molar-refractivity contribution is 0.308. The average molecular weight is 384 g/mol. The Morgan fingerprint density at radius 3 is 2.64 bits per heavy atom. The molecule has 2 aromatic rings. The number of fused-ring (bicyclic) bond motifs is 2. The van der Waals surface area contributed by atoms with Crippen LogP contribution in [-0.2, 0) is 14.4 Å². The molecular weight excluding hydrogens is 370 g/mol. The summed E-state index contributed by atoms with van der Waals surface area (Å²) in [5.41, 5.74) is 1.08. The monoisotopic (exact) mass is 383 g/mol. The van der Waals surface area contributed by atoms with Crippen molar-refractivity contribution in [3.63, 3.8) is 0 Å². The highest BCUT2D eigenvalue weighted by Crippen LogP contribution is 2.47. The van der Waals surface area contributed by atoms with E-state index < -0.39 is 10.1 Å². The van der Waals surface area contributed by atoms with Crippen LogP contribution >= 0.6 is 15.9 Å². The van der Waals surface area contributed by atoms with Crippen LogP contribution in [-0.4, -0.2) is 14.2 Å². The Kier molecular flexibility index (Phi) is 4.12. The first-order valence-electron chi connectivity index (χ1n) is 6.79. The molecule has 22 heavy (non-hydrogen) atoms. The molecule has 7 heteroatoms. The predicted octanol–water partition coefficient (Wildman–Crippen LogP) is 4.36. The summed E-state index contributed by atoms with van der Waals surface area (Å²) in [5, 5.41) is 1.31. The third-order valence-electron chi connectivity index (χ3n) is 3.09. The van der Waals surface area contributed by atoms with Gasteiger partial charge in [0.1, 0.15) is 11.4 Å². The molecular formula is C15H14BrNO4S. The summed E-state index contributed by atoms with van der Waals surface area (Å²) in [6.45, 7) is 1.79. The Balaban J connectivity index is 2.10. The summed E-state index contributed by atoms with van der Waals surface area (Å²) < 4.78 is 36.1. The van der Waals surface area contributed by atoms with E-state index in [1.165, 1.54) is 5.06 Å². The van der Waals surface area contributed by atoms with Crippen LogP contribution in [0.5, 0.6) is 11.5 Å². The summed E-state index contributed by atoms with van der Waals surface area (Å²) in [4.78, 5) is 0. The van der Waals surface area contributed by atoms with Gasteiger partial charge >= 0.3 is 0 Å². The lowest BCUT2D eigenvalue weighted by Gasteiger charge is -2.30. The van der Waals surface area contributed by atoms with Gasteiger partial charge in [-0.25, -0.2) is 0 Å². The lowest BCUT2D eigenvalue weighted by Crippen LogP contribution is -2.26. The number of hydrogen-bond acceptors (Lipinski definition) is 5. The van der Waals surface area contributed by atoms with Crippen LogP contribution in [0.3, 0.4) is 0 Å². The molecule has 0 radical (unpaired) electrons. The van der Waals surface area contributed by atoms with Gasteiger partial charge in [-0.3, -0.25) is 0 Å². The number of hydrogen-bond donors (Lipinski definition) is 0. The standard InChI is InChI=1S/C15H14BrNO4S/c1-2-9-22(18,19)21-17-12-5-3-4-6-14(12)20-15-8-7-11(16)10-13(15)17/h3-8,10H,2,9H2,1H3. The topological polar surface area (TPSA) is 55.8 Å². The van der Waals surface area contributed by atoms with Gasteiger partial charge in [-0.05, 0) is 36.8 Å². The summed E-state index contributed by atoms with van der Waals surface area (Å²) in [5.74, 6) is 1.04. The van der Waals surface area contributed by atoms with E-state index in [1.54, 1.807) is 37.3 Å². The highest BCUT2D eigenvalue weighted by molar-refractivity contribution is 9.10. The van der Waals surface area contributed by atoms with Gasteiger partial charge in [-0.15, -0.1) is 4.28 Å². The minimum atomic E-state index is -3.67. The normalized spacial score (nSPS) is 13.3. The Hall–Kier alpha value is -1.57. The van der Waals surface area contributed by atoms with Crippen molar-refractivity contribution >= 4 is 37.4 Å². The molecule has 0 atom stereocenters. The van der Waals surface area contributed by atoms with E-state index in [0.717, 1.165) is 4.47 Å². The maximum Gasteiger partial charge on any atom is 0.288 e. The van der Waals surface area contributed by atoms with Gasteiger partial charge in [0.05, 0.1) is 5.75 Å². The van der Waals surface area contributed by atoms with E-state index in [2.05, 4.69) is 15.9 Å². The fraction of sp³-hybridized carbons (Fsp3) is 0.200. The van der Waals surface area contributed by atoms with E-state index in [1.807, 2.05) is 12.1 Å². The zero-order valence-corrected chi connectivity index (χ0v) is 14.2. The molecule has 2 aromatic carbocycles. The van der Waals surface area contributed by atoms with Crippen molar-refractivity contribution in [1.82, 2.24) is 0 Å². The number of rotatable bonds is 4. The lowest BCUT2D eigenvalue weighted by atomic mass is 10.2. The molecule has 0 aliphatic carbocycles. The number of ether oxygens (including phenoxy) is 1. The van der Waals surface area contributed by atoms with Gasteiger partial charge in [0.25, 0.3) is 10.1 Å². The first-order chi connectivity index (χ1) is 10.5. The van der Waals surface area contributed by atoms with Gasteiger partial charge in [-0.2, -0.15) is 13.5 Å². The van der Waals surface area contributed by atoms with Crippen molar-refractivity contribution in [3.8, 4) is 11.5 Å². The second-order valence-electron chi connectivity index (χ2n) is 4.81. The smallest absolute Gasteiger partial charge is 0.288 e. The van der Waals surface area contributed by atoms with Crippen LogP contribution in [0.2, 0.25) is 0 Å². The molecule has 3 rings (SSSR count). The number of halogens is 1. The molecule has 0 saturated carbocycles. The zero-order chi connectivity index (χ0) is 15.7. The molecule has 0 N–H and O–H groups in total. The van der Waals surface area contributed by atoms with Crippen LogP contribution in [0.1, 0.15) is 13.3 Å². The van der Waals surface area contributed by atoms with Crippen molar-refractivity contribution in [1.29, 1.82) is 0 Å². The molecule has 116 valence electrons. The van der Waals surface area contributed by atoms with Crippen molar-refractivity contribution in [2.75, 3.05) is 10.8 Å². The quantitative estimate of drug-likeness (QED) is 0.784. The molecule has 5 nitrogen and oxygen atoms in total. The van der Waals surface area contributed by atoms with E-state index >= 15 is 0 Å². The first kappa shape index (κ1) is 15.3. The number of para-hydroxylation sites is 2. The second kappa shape index (κ2) is 5.91. The first-order valence-corrected chi connectivity index (χ1v) is 9.16. The fourth-order valence-corrected chi connectivity index (χ4v) is 3.49. The minimum Gasteiger partial charge on any atom is -0.453 e. The molecule has 0 bridgehead atoms. The summed E-state index contributed by atoms with van der Waals surface area (Å²) in [6.07, 6.45) is 0.486. The van der Waals surface area contributed by atoms with Crippen LogP contribution in [0.15, 0.2) is 46.9 Å². The predicted molar refractivity (Wildman–Crippen MR) is 88.0 cm³/mol. The largest absolute Gasteiger partial charge is 0.453 e. The minimum absolute atomic E-state index is 0.0458. The summed E-state index contributed by atoms with van der Waals surface area (Å²) >= 11 is 3.38. The third-order valence-corrected chi connectivity index (χ3v) is 4.86. The van der Waals surface area contributed by atoms with Crippen LogP contribution in [0.4, 0.5) is 11.4 Å². The van der Waals surface area contributed by atoms with E-state index in [4.69, 9.17) is 9.02 Å². The van der Waals surface area contributed by atoms with Crippen molar-refractivity contribution < 1.29 is 17.4 Å². The van der Waals surface area contributed by atoms with E-state index in [0.29, 0.717) is 29.3 Å². The third kappa shape index (κ3) is 2.97. The molecule has 0 aromatic heterocycles. The van der Waals surface area contributed by atoms with E-state index in [-0.39, 0.29) is 5.75 Å². The fourth-order valence-electron chi connectivity index (χ4n) is 2.18. The Bertz CT molecular complexity index is 807. The van der Waals surface area contributed by atoms with Crippen molar-refractivity contribution in [2.24, 2.45) is 0 Å². The molecule has 0 unspecified atom stereocenters. The summed E-state index contributed by atoms with van der Waals surface area (Å²) in [6, 6.07) is 12.5. The van der Waals surface area contributed by atoms with Crippen LogP contribution in [0, 0.1) is 0 Å². The molecule has 1 aliphatic heterocycles. The number of anilines is 2. The SMILES string of the molecule is CCCS(=O)(=O)ON1c2ccccc2Oc2ccc(Br)cc21. The Labute approximate surface area is 137 Å². The zero-order valence-electron chi connectivity index (χ0n) is 11.8. The average Bonchev–Trinajstić information content (AvgIpc) is 2.47. The van der Waals surface area contributed by atoms with Crippen LogP contribution < -0.4 is 9.80 Å². The summed E-state index contributed by atoms with van der Waals surface area (Å²) in [7, 11) is -3.67. The molecule has 0 fully saturated rings. The molecule has 1 aliphatic rings. The molecule has 0 amide bonds. The van der Waals surface area contributed by atoms with Gasteiger partial charge in [-0.1, -0.05) is 35.0 Å². The van der Waals surface area contributed by atoms with Crippen molar-refractivity contribution in [2.45, 2.75) is 13.3 Å². The molecule has 0 spiro atoms. The maximum absolute atomic E-state index is 12.1. The number of nitrogens with zero attached hydrogens (tertiary/aromatic N) is 1. The van der Waals surface area contributed by atoms with Crippen LogP contribution in [0.25, 0.3) is 0 Å².